The molecule has 1 aliphatic rings. The van der Waals surface area contributed by atoms with E-state index in [0.717, 1.165) is 28.8 Å². The van der Waals surface area contributed by atoms with Crippen molar-refractivity contribution >= 4 is 11.3 Å². The zero-order valence-electron chi connectivity index (χ0n) is 23.3. The molecular formula is C38H37N. The molecule has 4 aromatic rings. The lowest BCUT2D eigenvalue weighted by Crippen LogP contribution is -2.27. The fraction of sp³-hybridized carbons (Fsp3) is 0.184. The maximum atomic E-state index is 4.68. The van der Waals surface area contributed by atoms with Crippen LogP contribution in [0.4, 0.5) is 0 Å². The number of hydrogen-bond donors (Lipinski definition) is 0. The minimum atomic E-state index is -0.580. The summed E-state index contributed by atoms with van der Waals surface area (Å²) in [5, 5.41) is 0. The lowest BCUT2D eigenvalue weighted by Gasteiger charge is -2.30. The fourth-order valence-electron chi connectivity index (χ4n) is 4.91. The van der Waals surface area contributed by atoms with Crippen molar-refractivity contribution in [1.82, 2.24) is 0 Å². The van der Waals surface area contributed by atoms with Crippen LogP contribution in [0.3, 0.4) is 0 Å². The summed E-state index contributed by atoms with van der Waals surface area (Å²) >= 11 is 0. The second kappa shape index (κ2) is 13.9. The molecule has 4 aromatic carbocycles. The third kappa shape index (κ3) is 6.73. The number of aliphatic imine (C=N–C) groups is 1. The number of rotatable bonds is 7. The monoisotopic (exact) mass is 507 g/mol. The molecule has 39 heavy (non-hydrogen) atoms. The normalized spacial score (nSPS) is 12.9. The molecule has 0 spiro atoms. The quantitative estimate of drug-likeness (QED) is 0.134. The Kier molecular flexibility index (Phi) is 9.87. The van der Waals surface area contributed by atoms with E-state index in [1.165, 1.54) is 29.5 Å². The van der Waals surface area contributed by atoms with E-state index in [0.29, 0.717) is 0 Å². The van der Waals surface area contributed by atoms with Crippen LogP contribution in [-0.4, -0.2) is 5.71 Å². The summed E-state index contributed by atoms with van der Waals surface area (Å²) in [6, 6.07) is 40.4. The Morgan fingerprint density at radius 3 is 1.79 bits per heavy atom. The summed E-state index contributed by atoms with van der Waals surface area (Å²) in [5.41, 5.74) is 8.03. The minimum absolute atomic E-state index is 0.580. The van der Waals surface area contributed by atoms with Crippen molar-refractivity contribution in [3.63, 3.8) is 0 Å². The number of hydrogen-bond acceptors (Lipinski definition) is 1. The molecule has 0 heterocycles. The van der Waals surface area contributed by atoms with Gasteiger partial charge in [0.05, 0.1) is 0 Å². The van der Waals surface area contributed by atoms with Crippen molar-refractivity contribution in [1.29, 1.82) is 0 Å². The summed E-state index contributed by atoms with van der Waals surface area (Å²) in [5.74, 6) is 6.96. The molecule has 0 aliphatic heterocycles. The summed E-state index contributed by atoms with van der Waals surface area (Å²) < 4.78 is 0. The van der Waals surface area contributed by atoms with Gasteiger partial charge in [0.25, 0.3) is 0 Å². The van der Waals surface area contributed by atoms with Crippen LogP contribution < -0.4 is 0 Å². The van der Waals surface area contributed by atoms with Gasteiger partial charge in [-0.25, -0.2) is 0 Å². The zero-order valence-corrected chi connectivity index (χ0v) is 23.3. The van der Waals surface area contributed by atoms with E-state index in [4.69, 9.17) is 0 Å². The van der Waals surface area contributed by atoms with Crippen molar-refractivity contribution in [3.05, 3.63) is 161 Å². The van der Waals surface area contributed by atoms with Crippen LogP contribution in [0.25, 0.3) is 5.57 Å². The Bertz CT molecular complexity index is 1380. The van der Waals surface area contributed by atoms with Crippen LogP contribution in [0.2, 0.25) is 0 Å². The second-order valence-electron chi connectivity index (χ2n) is 9.44. The first-order chi connectivity index (χ1) is 19.3. The second-order valence-corrected chi connectivity index (χ2v) is 9.44. The molecular weight excluding hydrogens is 470 g/mol. The smallest absolute Gasteiger partial charge is 0.106 e. The van der Waals surface area contributed by atoms with E-state index in [1.807, 2.05) is 44.3 Å². The van der Waals surface area contributed by atoms with E-state index in [1.54, 1.807) is 0 Å². The molecule has 0 saturated carbocycles. The molecule has 0 bridgehead atoms. The van der Waals surface area contributed by atoms with E-state index in [9.17, 15) is 0 Å². The third-order valence-electron chi connectivity index (χ3n) is 6.90. The summed E-state index contributed by atoms with van der Waals surface area (Å²) in [7, 11) is 0. The molecule has 0 fully saturated rings. The highest BCUT2D eigenvalue weighted by Gasteiger charge is 2.34. The van der Waals surface area contributed by atoms with E-state index in [-0.39, 0.29) is 0 Å². The number of benzene rings is 4. The van der Waals surface area contributed by atoms with E-state index >= 15 is 0 Å². The average Bonchev–Trinajstić information content (AvgIpc) is 2.97. The van der Waals surface area contributed by atoms with Crippen LogP contribution >= 0.6 is 0 Å². The minimum Gasteiger partial charge on any atom is -0.265 e. The van der Waals surface area contributed by atoms with Crippen molar-refractivity contribution in [2.45, 2.75) is 45.4 Å². The molecule has 0 atom stereocenters. The van der Waals surface area contributed by atoms with Crippen molar-refractivity contribution in [2.24, 2.45) is 4.99 Å². The molecule has 1 aliphatic carbocycles. The first-order valence-corrected chi connectivity index (χ1v) is 13.9. The standard InChI is InChI=1S/C36H31N.C2H6/c1-29(27-30-15-13-18-32(28-30)31-16-14-17-31)37-26-12-11-25-36(33-19-5-2-6-20-33,34-21-7-3-8-22-34)35-23-9-4-10-24-35;1-2/h2-10,12-13,15-16,18-24,26,28H,14,17,27H2,1H3;1-2H3/b26-12-,37-29?;. The Hall–Kier alpha value is -4.41. The topological polar surface area (TPSA) is 12.4 Å². The van der Waals surface area contributed by atoms with Crippen molar-refractivity contribution < 1.29 is 0 Å². The molecule has 1 heteroatoms. The highest BCUT2D eigenvalue weighted by atomic mass is 14.7. The maximum Gasteiger partial charge on any atom is 0.106 e. The molecule has 0 N–H and O–H groups in total. The summed E-state index contributed by atoms with van der Waals surface area (Å²) in [6.07, 6.45) is 9.23. The Balaban J connectivity index is 0.00000172. The van der Waals surface area contributed by atoms with E-state index in [2.05, 4.69) is 127 Å². The first kappa shape index (κ1) is 27.6. The molecule has 0 saturated heterocycles. The van der Waals surface area contributed by atoms with Gasteiger partial charge in [0.1, 0.15) is 5.41 Å². The maximum absolute atomic E-state index is 4.68. The van der Waals surface area contributed by atoms with Gasteiger partial charge in [-0.15, -0.1) is 0 Å². The Morgan fingerprint density at radius 2 is 1.31 bits per heavy atom. The molecule has 0 amide bonds. The predicted octanol–water partition coefficient (Wildman–Crippen LogP) is 9.45. The SMILES string of the molecule is CC.CC(Cc1cccc(C2=CCC2)c1)=N/C=C\C#CC(c1ccccc1)(c1ccccc1)c1ccccc1. The fourth-order valence-corrected chi connectivity index (χ4v) is 4.91. The van der Waals surface area contributed by atoms with Gasteiger partial charge in [0.15, 0.2) is 0 Å². The largest absolute Gasteiger partial charge is 0.265 e. The Labute approximate surface area is 234 Å². The molecule has 0 unspecified atom stereocenters. The molecule has 5 rings (SSSR count). The summed E-state index contributed by atoms with van der Waals surface area (Å²) in [6.45, 7) is 6.08. The molecule has 194 valence electrons. The van der Waals surface area contributed by atoms with Crippen LogP contribution in [0, 0.1) is 11.8 Å². The summed E-state index contributed by atoms with van der Waals surface area (Å²) in [4.78, 5) is 4.68. The van der Waals surface area contributed by atoms with Gasteiger partial charge in [-0.1, -0.05) is 147 Å². The highest BCUT2D eigenvalue weighted by Crippen LogP contribution is 2.38. The van der Waals surface area contributed by atoms with Crippen LogP contribution in [0.1, 0.15) is 61.4 Å². The average molecular weight is 508 g/mol. The molecule has 1 nitrogen and oxygen atoms in total. The number of nitrogens with zero attached hydrogens (tertiary/aromatic N) is 1. The van der Waals surface area contributed by atoms with Crippen LogP contribution in [0.15, 0.2) is 139 Å². The third-order valence-corrected chi connectivity index (χ3v) is 6.90. The first-order valence-electron chi connectivity index (χ1n) is 13.9. The predicted molar refractivity (Wildman–Crippen MR) is 168 cm³/mol. The highest BCUT2D eigenvalue weighted by molar-refractivity contribution is 5.85. The molecule has 0 radical (unpaired) electrons. The Morgan fingerprint density at radius 1 is 0.769 bits per heavy atom. The van der Waals surface area contributed by atoms with Crippen molar-refractivity contribution in [2.75, 3.05) is 0 Å². The van der Waals surface area contributed by atoms with Gasteiger partial charge in [-0.3, -0.25) is 4.99 Å². The van der Waals surface area contributed by atoms with Gasteiger partial charge in [-0.2, -0.15) is 0 Å². The molecule has 0 aromatic heterocycles. The van der Waals surface area contributed by atoms with Crippen LogP contribution in [0.5, 0.6) is 0 Å². The number of allylic oxidation sites excluding steroid dienone is 3. The lowest BCUT2D eigenvalue weighted by molar-refractivity contribution is 0.809. The van der Waals surface area contributed by atoms with Gasteiger partial charge in [-0.05, 0) is 53.2 Å². The van der Waals surface area contributed by atoms with Crippen LogP contribution in [-0.2, 0) is 11.8 Å². The van der Waals surface area contributed by atoms with Gasteiger partial charge >= 0.3 is 0 Å². The van der Waals surface area contributed by atoms with Gasteiger partial charge in [0, 0.05) is 24.4 Å². The zero-order chi connectivity index (χ0) is 27.3. The van der Waals surface area contributed by atoms with Crippen molar-refractivity contribution in [3.8, 4) is 11.8 Å². The van der Waals surface area contributed by atoms with Gasteiger partial charge < -0.3 is 0 Å². The lowest BCUT2D eigenvalue weighted by atomic mass is 9.70. The van der Waals surface area contributed by atoms with E-state index < -0.39 is 5.41 Å². The van der Waals surface area contributed by atoms with Gasteiger partial charge in [0.2, 0.25) is 0 Å².